The Morgan fingerprint density at radius 2 is 1.06 bits per heavy atom. The summed E-state index contributed by atoms with van der Waals surface area (Å²) in [6.07, 6.45) is 9.68. The summed E-state index contributed by atoms with van der Waals surface area (Å²) in [6, 6.07) is 16.0. The molecule has 0 saturated heterocycles. The lowest BCUT2D eigenvalue weighted by Gasteiger charge is -2.15. The molecule has 2 amide bonds. The Morgan fingerprint density at radius 3 is 1.41 bits per heavy atom. The molecule has 0 aliphatic heterocycles. The molecule has 34 heavy (non-hydrogen) atoms. The van der Waals surface area contributed by atoms with E-state index in [2.05, 4.69) is 38.1 Å². The van der Waals surface area contributed by atoms with E-state index in [1.54, 1.807) is 9.80 Å². The van der Waals surface area contributed by atoms with E-state index in [1.807, 2.05) is 72.3 Å². The molecule has 0 saturated carbocycles. The van der Waals surface area contributed by atoms with Crippen LogP contribution in [0.5, 0.6) is 0 Å². The maximum absolute atomic E-state index is 12.6. The van der Waals surface area contributed by atoms with E-state index < -0.39 is 0 Å². The molecule has 0 unspecified atom stereocenters. The molecular weight excluding hydrogens is 424 g/mol. The second kappa shape index (κ2) is 12.1. The molecule has 3 rings (SSSR count). The van der Waals surface area contributed by atoms with Crippen molar-refractivity contribution in [2.24, 2.45) is 0 Å². The molecule has 6 heteroatoms. The minimum Gasteiger partial charge on any atom is -0.342 e. The Hall–Kier alpha value is -3.54. The first-order chi connectivity index (χ1) is 16.4. The van der Waals surface area contributed by atoms with Gasteiger partial charge in [0.25, 0.3) is 11.8 Å². The molecule has 0 bridgehead atoms. The van der Waals surface area contributed by atoms with Gasteiger partial charge in [0, 0.05) is 50.4 Å². The number of aromatic nitrogens is 2. The van der Waals surface area contributed by atoms with Crippen LogP contribution in [0.1, 0.15) is 58.5 Å². The Morgan fingerprint density at radius 1 is 0.676 bits per heavy atom. The van der Waals surface area contributed by atoms with Gasteiger partial charge in [-0.2, -0.15) is 9.13 Å². The average Bonchev–Trinajstić information content (AvgIpc) is 2.85. The highest BCUT2D eigenvalue weighted by atomic mass is 16.2. The highest BCUT2D eigenvalue weighted by Gasteiger charge is 2.16. The smallest absolute Gasteiger partial charge is 0.259 e. The normalized spacial score (nSPS) is 10.7. The zero-order valence-corrected chi connectivity index (χ0v) is 20.8. The van der Waals surface area contributed by atoms with Crippen LogP contribution >= 0.6 is 0 Å². The van der Waals surface area contributed by atoms with Gasteiger partial charge in [0.1, 0.15) is 11.1 Å². The molecule has 0 radical (unpaired) electrons. The fourth-order valence-electron chi connectivity index (χ4n) is 3.98. The van der Waals surface area contributed by atoms with Crippen LogP contribution in [0.2, 0.25) is 0 Å². The fraction of sp³-hybridized carbons (Fsp3) is 0.357. The molecule has 0 spiro atoms. The Labute approximate surface area is 203 Å². The third kappa shape index (κ3) is 6.73. The standard InChI is InChI=1S/C28H36N4O2/c1-5-15-29(3)27(33)25-9-7-17-31(21-25)19-23-11-13-24(14-12-23)20-32-18-8-10-26(22-32)28(34)30(4)16-6-2/h7-14,17-18,21-22H,5-6,15-16,19-20H2,1-4H3/q+2. The molecule has 2 heterocycles. The van der Waals surface area contributed by atoms with Crippen LogP contribution in [0, 0.1) is 0 Å². The van der Waals surface area contributed by atoms with Crippen molar-refractivity contribution in [3.05, 3.63) is 95.6 Å². The number of pyridine rings is 2. The summed E-state index contributed by atoms with van der Waals surface area (Å²) in [5.41, 5.74) is 3.72. The summed E-state index contributed by atoms with van der Waals surface area (Å²) in [5, 5.41) is 0. The van der Waals surface area contributed by atoms with Crippen LogP contribution in [0.15, 0.2) is 73.3 Å². The first-order valence-electron chi connectivity index (χ1n) is 12.0. The number of carbonyl (C=O) groups is 2. The molecule has 6 nitrogen and oxygen atoms in total. The van der Waals surface area contributed by atoms with E-state index in [4.69, 9.17) is 0 Å². The highest BCUT2D eigenvalue weighted by molar-refractivity contribution is 5.93. The number of rotatable bonds is 10. The molecule has 2 aromatic heterocycles. The maximum Gasteiger partial charge on any atom is 0.259 e. The van der Waals surface area contributed by atoms with Gasteiger partial charge in [-0.1, -0.05) is 38.1 Å². The first-order valence-corrected chi connectivity index (χ1v) is 12.0. The first kappa shape index (κ1) is 25.1. The van der Waals surface area contributed by atoms with E-state index in [9.17, 15) is 9.59 Å². The molecule has 0 N–H and O–H groups in total. The number of benzene rings is 1. The summed E-state index contributed by atoms with van der Waals surface area (Å²) in [5.74, 6) is 0.0929. The van der Waals surface area contributed by atoms with E-state index in [0.717, 1.165) is 37.1 Å². The predicted molar refractivity (Wildman–Crippen MR) is 132 cm³/mol. The second-order valence-corrected chi connectivity index (χ2v) is 8.80. The SMILES string of the molecule is CCCN(C)C(=O)c1ccc[n+](Cc2ccc(C[n+]3cccc(C(=O)N(C)CCC)c3)cc2)c1. The number of carbonyl (C=O) groups excluding carboxylic acids is 2. The number of amides is 2. The summed E-state index contributed by atoms with van der Waals surface area (Å²) < 4.78 is 4.08. The second-order valence-electron chi connectivity index (χ2n) is 8.80. The Kier molecular flexibility index (Phi) is 8.91. The van der Waals surface area contributed by atoms with Gasteiger partial charge in [-0.25, -0.2) is 0 Å². The molecule has 1 aromatic carbocycles. The van der Waals surface area contributed by atoms with Crippen LogP contribution in [-0.4, -0.2) is 48.8 Å². The summed E-state index contributed by atoms with van der Waals surface area (Å²) in [4.78, 5) is 28.7. The molecular formula is C28H36N4O2+2. The van der Waals surface area contributed by atoms with Gasteiger partial charge in [0.05, 0.1) is 0 Å². The quantitative estimate of drug-likeness (QED) is 0.436. The highest BCUT2D eigenvalue weighted by Crippen LogP contribution is 2.07. The van der Waals surface area contributed by atoms with Crippen LogP contribution in [-0.2, 0) is 13.1 Å². The summed E-state index contributed by atoms with van der Waals surface area (Å²) >= 11 is 0. The Bertz CT molecular complexity index is 1020. The fourth-order valence-corrected chi connectivity index (χ4v) is 3.98. The van der Waals surface area contributed by atoms with Crippen molar-refractivity contribution in [1.82, 2.24) is 9.80 Å². The van der Waals surface area contributed by atoms with Gasteiger partial charge < -0.3 is 9.80 Å². The third-order valence-corrected chi connectivity index (χ3v) is 5.78. The van der Waals surface area contributed by atoms with E-state index >= 15 is 0 Å². The van der Waals surface area contributed by atoms with Crippen molar-refractivity contribution >= 4 is 11.8 Å². The number of nitrogens with zero attached hydrogens (tertiary/aromatic N) is 4. The van der Waals surface area contributed by atoms with E-state index in [1.165, 1.54) is 0 Å². The van der Waals surface area contributed by atoms with Crippen molar-refractivity contribution in [3.63, 3.8) is 0 Å². The third-order valence-electron chi connectivity index (χ3n) is 5.78. The van der Waals surface area contributed by atoms with Gasteiger partial charge in [-0.15, -0.1) is 0 Å². The summed E-state index contributed by atoms with van der Waals surface area (Å²) in [7, 11) is 3.68. The van der Waals surface area contributed by atoms with E-state index in [0.29, 0.717) is 24.2 Å². The van der Waals surface area contributed by atoms with Gasteiger partial charge in [-0.05, 0) is 25.0 Å². The van der Waals surface area contributed by atoms with Crippen LogP contribution in [0.25, 0.3) is 0 Å². The molecule has 0 aliphatic carbocycles. The van der Waals surface area contributed by atoms with Crippen molar-refractivity contribution in [1.29, 1.82) is 0 Å². The monoisotopic (exact) mass is 460 g/mol. The van der Waals surface area contributed by atoms with Gasteiger partial charge in [0.15, 0.2) is 37.9 Å². The molecule has 3 aromatic rings. The van der Waals surface area contributed by atoms with Gasteiger partial charge in [0.2, 0.25) is 0 Å². The molecule has 0 atom stereocenters. The minimum atomic E-state index is 0.0465. The zero-order valence-electron chi connectivity index (χ0n) is 20.8. The number of hydrogen-bond acceptors (Lipinski definition) is 2. The lowest BCUT2D eigenvalue weighted by atomic mass is 10.1. The molecule has 0 aliphatic rings. The predicted octanol–water partition coefficient (Wildman–Crippen LogP) is 3.32. The summed E-state index contributed by atoms with van der Waals surface area (Å²) in [6.45, 7) is 7.03. The lowest BCUT2D eigenvalue weighted by Crippen LogP contribution is -2.37. The van der Waals surface area contributed by atoms with Crippen LogP contribution in [0.4, 0.5) is 0 Å². The van der Waals surface area contributed by atoms with Crippen LogP contribution < -0.4 is 9.13 Å². The molecule has 0 fully saturated rings. The lowest BCUT2D eigenvalue weighted by molar-refractivity contribution is -0.689. The Balaban J connectivity index is 1.65. The van der Waals surface area contributed by atoms with Crippen molar-refractivity contribution in [2.75, 3.05) is 27.2 Å². The van der Waals surface area contributed by atoms with E-state index in [-0.39, 0.29) is 11.8 Å². The van der Waals surface area contributed by atoms with Gasteiger partial charge >= 0.3 is 0 Å². The number of hydrogen-bond donors (Lipinski definition) is 0. The van der Waals surface area contributed by atoms with Gasteiger partial charge in [-0.3, -0.25) is 9.59 Å². The molecule has 178 valence electrons. The minimum absolute atomic E-state index is 0.0465. The van der Waals surface area contributed by atoms with Crippen LogP contribution in [0.3, 0.4) is 0 Å². The topological polar surface area (TPSA) is 48.4 Å². The van der Waals surface area contributed by atoms with Crippen molar-refractivity contribution in [2.45, 2.75) is 39.8 Å². The van der Waals surface area contributed by atoms with Crippen molar-refractivity contribution < 1.29 is 18.7 Å². The van der Waals surface area contributed by atoms with Crippen molar-refractivity contribution in [3.8, 4) is 0 Å². The largest absolute Gasteiger partial charge is 0.342 e. The maximum atomic E-state index is 12.6. The average molecular weight is 461 g/mol. The zero-order chi connectivity index (χ0) is 24.5.